The van der Waals surface area contributed by atoms with Crippen molar-refractivity contribution in [3.8, 4) is 0 Å². The van der Waals surface area contributed by atoms with Crippen molar-refractivity contribution in [2.24, 2.45) is 0 Å². The summed E-state index contributed by atoms with van der Waals surface area (Å²) in [5, 5.41) is 0. The quantitative estimate of drug-likeness (QED) is 0.0886. The highest BCUT2D eigenvalue weighted by Crippen LogP contribution is 2.31. The zero-order valence-electron chi connectivity index (χ0n) is 26.0. The third-order valence-corrected chi connectivity index (χ3v) is 18.2. The molecule has 0 amide bonds. The van der Waals surface area contributed by atoms with Gasteiger partial charge in [-0.25, -0.2) is 4.79 Å². The summed E-state index contributed by atoms with van der Waals surface area (Å²) >= 11 is 0. The summed E-state index contributed by atoms with van der Waals surface area (Å²) in [6.07, 6.45) is 4.72. The summed E-state index contributed by atoms with van der Waals surface area (Å²) in [4.78, 5) is 12.9. The number of hydrogen-bond acceptors (Lipinski definition) is 4. The van der Waals surface area contributed by atoms with Crippen LogP contribution in [0.2, 0.25) is 36.3 Å². The lowest BCUT2D eigenvalue weighted by Gasteiger charge is -2.38. The van der Waals surface area contributed by atoms with Crippen molar-refractivity contribution < 1.29 is 18.4 Å². The second kappa shape index (κ2) is 17.7. The summed E-state index contributed by atoms with van der Waals surface area (Å²) in [6.45, 7) is 17.7. The van der Waals surface area contributed by atoms with Crippen LogP contribution in [0.15, 0.2) is 73.3 Å². The maximum absolute atomic E-state index is 12.9. The molecule has 0 bridgehead atoms. The molecule has 0 spiro atoms. The van der Waals surface area contributed by atoms with Gasteiger partial charge >= 0.3 is 5.97 Å². The van der Waals surface area contributed by atoms with Gasteiger partial charge in [0.25, 0.3) is 0 Å². The van der Waals surface area contributed by atoms with E-state index < -0.39 is 22.7 Å². The molecule has 3 atom stereocenters. The summed E-state index contributed by atoms with van der Waals surface area (Å²) in [5.41, 5.74) is 1.89. The number of carbonyl (C=O) groups excluding carboxylic acids is 1. The first-order chi connectivity index (χ1) is 19.3. The van der Waals surface area contributed by atoms with Gasteiger partial charge in [-0.3, -0.25) is 0 Å². The molecule has 0 saturated carbocycles. The van der Waals surface area contributed by atoms with Gasteiger partial charge in [-0.15, -0.1) is 0 Å². The molecule has 0 N–H and O–H groups in total. The fourth-order valence-electron chi connectivity index (χ4n) is 5.62. The average Bonchev–Trinajstić information content (AvgIpc) is 3.01. The number of aryl methyl sites for hydroxylation is 1. The lowest BCUT2D eigenvalue weighted by molar-refractivity contribution is 0.0217. The van der Waals surface area contributed by atoms with Gasteiger partial charge in [0.1, 0.15) is 6.10 Å². The molecule has 0 aliphatic carbocycles. The van der Waals surface area contributed by atoms with Crippen molar-refractivity contribution in [2.45, 2.75) is 122 Å². The highest BCUT2D eigenvalue weighted by Gasteiger charge is 2.37. The van der Waals surface area contributed by atoms with Crippen molar-refractivity contribution >= 4 is 22.6 Å². The van der Waals surface area contributed by atoms with Crippen LogP contribution >= 0.6 is 0 Å². The van der Waals surface area contributed by atoms with Crippen LogP contribution in [-0.4, -0.2) is 40.9 Å². The highest BCUT2D eigenvalue weighted by atomic mass is 28.4. The van der Waals surface area contributed by atoms with Gasteiger partial charge in [-0.2, -0.15) is 0 Å². The van der Waals surface area contributed by atoms with E-state index in [1.54, 1.807) is 18.2 Å². The van der Waals surface area contributed by atoms with E-state index in [0.29, 0.717) is 12.0 Å². The van der Waals surface area contributed by atoms with Crippen LogP contribution in [0, 0.1) is 0 Å². The van der Waals surface area contributed by atoms with Crippen LogP contribution in [0.3, 0.4) is 0 Å². The number of ether oxygens (including phenoxy) is 1. The second-order valence-corrected chi connectivity index (χ2v) is 20.5. The second-order valence-electron chi connectivity index (χ2n) is 11.0. The minimum absolute atomic E-state index is 0.0591. The van der Waals surface area contributed by atoms with E-state index in [-0.39, 0.29) is 18.2 Å². The summed E-state index contributed by atoms with van der Waals surface area (Å²) in [5.74, 6) is -0.319. The first-order valence-electron chi connectivity index (χ1n) is 15.6. The Morgan fingerprint density at radius 2 is 1.20 bits per heavy atom. The molecule has 2 rings (SSSR count). The average molecular weight is 583 g/mol. The van der Waals surface area contributed by atoms with Gasteiger partial charge in [-0.1, -0.05) is 103 Å². The molecule has 0 aromatic heterocycles. The Morgan fingerprint density at radius 1 is 0.725 bits per heavy atom. The molecule has 0 fully saturated rings. The van der Waals surface area contributed by atoms with Crippen LogP contribution in [0.5, 0.6) is 0 Å². The third kappa shape index (κ3) is 10.4. The third-order valence-electron chi connectivity index (χ3n) is 8.85. The van der Waals surface area contributed by atoms with Gasteiger partial charge in [0.05, 0.1) is 11.7 Å². The normalized spacial score (nSPS) is 14.3. The SMILES string of the molecule is C=C[C@@H](C[C@@H](C[C@@H](CCc1ccccc1)O[Si](CC)(CC)CC)O[Si](CC)(CC)CC)OC(=O)c1ccccc1. The summed E-state index contributed by atoms with van der Waals surface area (Å²) in [6, 6.07) is 26.5. The van der Waals surface area contributed by atoms with Crippen LogP contribution in [0.25, 0.3) is 0 Å². The Kier molecular flexibility index (Phi) is 15.2. The number of benzene rings is 2. The van der Waals surface area contributed by atoms with Crippen LogP contribution in [-0.2, 0) is 20.0 Å². The molecule has 6 heteroatoms. The molecular weight excluding hydrogens is 529 g/mol. The molecule has 0 saturated heterocycles. The number of esters is 1. The van der Waals surface area contributed by atoms with Gasteiger partial charge in [0.2, 0.25) is 0 Å². The van der Waals surface area contributed by atoms with E-state index in [1.807, 2.05) is 18.2 Å². The molecule has 0 radical (unpaired) electrons. The van der Waals surface area contributed by atoms with Gasteiger partial charge in [0, 0.05) is 12.5 Å². The number of rotatable bonds is 20. The fraction of sp³-hybridized carbons (Fsp3) is 0.559. The number of carbonyl (C=O) groups is 1. The lowest BCUT2D eigenvalue weighted by atomic mass is 10.00. The molecule has 4 nitrogen and oxygen atoms in total. The predicted octanol–water partition coefficient (Wildman–Crippen LogP) is 9.59. The molecule has 222 valence electrons. The summed E-state index contributed by atoms with van der Waals surface area (Å²) in [7, 11) is -3.76. The smallest absolute Gasteiger partial charge is 0.338 e. The fourth-order valence-corrected chi connectivity index (χ4v) is 11.4. The lowest BCUT2D eigenvalue weighted by Crippen LogP contribution is -2.45. The first-order valence-corrected chi connectivity index (χ1v) is 20.7. The maximum atomic E-state index is 12.9. The summed E-state index contributed by atoms with van der Waals surface area (Å²) < 4.78 is 20.3. The Hall–Kier alpha value is -2.00. The zero-order valence-corrected chi connectivity index (χ0v) is 28.0. The Bertz CT molecular complexity index is 957. The molecule has 0 aliphatic rings. The molecule has 0 heterocycles. The first kappa shape index (κ1) is 34.2. The van der Waals surface area contributed by atoms with Crippen LogP contribution in [0.4, 0.5) is 0 Å². The van der Waals surface area contributed by atoms with E-state index in [0.717, 1.165) is 55.5 Å². The van der Waals surface area contributed by atoms with E-state index in [9.17, 15) is 4.79 Å². The van der Waals surface area contributed by atoms with Crippen molar-refractivity contribution in [2.75, 3.05) is 0 Å². The van der Waals surface area contributed by atoms with E-state index in [1.165, 1.54) is 5.56 Å². The molecule has 0 unspecified atom stereocenters. The predicted molar refractivity (Wildman–Crippen MR) is 174 cm³/mol. The van der Waals surface area contributed by atoms with E-state index in [4.69, 9.17) is 13.6 Å². The van der Waals surface area contributed by atoms with Crippen molar-refractivity contribution in [3.63, 3.8) is 0 Å². The monoisotopic (exact) mass is 582 g/mol. The van der Waals surface area contributed by atoms with Gasteiger partial charge in [0.15, 0.2) is 16.6 Å². The molecule has 2 aromatic carbocycles. The Morgan fingerprint density at radius 3 is 1.68 bits per heavy atom. The largest absolute Gasteiger partial charge is 0.454 e. The molecule has 0 aliphatic heterocycles. The minimum atomic E-state index is -1.92. The van der Waals surface area contributed by atoms with Gasteiger partial charge in [-0.05, 0) is 73.2 Å². The molecule has 2 aromatic rings. The van der Waals surface area contributed by atoms with Crippen molar-refractivity contribution in [3.05, 3.63) is 84.4 Å². The van der Waals surface area contributed by atoms with Gasteiger partial charge < -0.3 is 13.6 Å². The topological polar surface area (TPSA) is 44.8 Å². The van der Waals surface area contributed by atoms with E-state index >= 15 is 0 Å². The zero-order chi connectivity index (χ0) is 29.4. The number of hydrogen-bond donors (Lipinski definition) is 0. The standard InChI is InChI=1S/C34H54O4Si2/c1-8-31(36-34(35)30-23-19-16-20-24-30)27-33(38-40(12-5,13-6)14-7)28-32(37-39(9-2,10-3)11-4)26-25-29-21-17-15-18-22-29/h8,15-24,31-33H,1,9-14,25-28H2,2-7H3/t31-,32+,33-/m0/s1. The Labute approximate surface area is 246 Å². The minimum Gasteiger partial charge on any atom is -0.454 e. The highest BCUT2D eigenvalue weighted by molar-refractivity contribution is 6.74. The van der Waals surface area contributed by atoms with E-state index in [2.05, 4.69) is 78.5 Å². The van der Waals surface area contributed by atoms with Crippen LogP contribution < -0.4 is 0 Å². The molecular formula is C34H54O4Si2. The van der Waals surface area contributed by atoms with Crippen molar-refractivity contribution in [1.82, 2.24) is 0 Å². The van der Waals surface area contributed by atoms with Crippen LogP contribution in [0.1, 0.15) is 76.7 Å². The van der Waals surface area contributed by atoms with Crippen molar-refractivity contribution in [1.29, 1.82) is 0 Å². The maximum Gasteiger partial charge on any atom is 0.338 e. The Balaban J connectivity index is 2.33. The molecule has 40 heavy (non-hydrogen) atoms.